The van der Waals surface area contributed by atoms with Crippen molar-refractivity contribution < 1.29 is 93.0 Å². The van der Waals surface area contributed by atoms with Gasteiger partial charge in [-0.1, -0.05) is 12.1 Å². The molecule has 0 spiro atoms. The number of benzene rings is 1. The largest absolute Gasteiger partial charge is 0.460 e. The highest BCUT2D eigenvalue weighted by molar-refractivity contribution is 6.00. The van der Waals surface area contributed by atoms with Crippen LogP contribution in [-0.4, -0.2) is 71.6 Å². The molecule has 1 aromatic rings. The van der Waals surface area contributed by atoms with Gasteiger partial charge in [0.05, 0.1) is 11.3 Å². The summed E-state index contributed by atoms with van der Waals surface area (Å²) in [5.74, 6) is -69.0. The molecule has 0 bridgehead atoms. The predicted molar refractivity (Wildman–Crippen MR) is 106 cm³/mol. The van der Waals surface area contributed by atoms with Gasteiger partial charge in [0, 0.05) is 12.5 Å². The van der Waals surface area contributed by atoms with E-state index in [1.54, 1.807) is 0 Å². The zero-order valence-electron chi connectivity index (χ0n) is 21.0. The average molecular weight is 686 g/mol. The van der Waals surface area contributed by atoms with Crippen molar-refractivity contribution in [2.24, 2.45) is 4.99 Å². The Morgan fingerprint density at radius 1 is 0.705 bits per heavy atom. The zero-order chi connectivity index (χ0) is 35.3. The van der Waals surface area contributed by atoms with Gasteiger partial charge in [-0.25, -0.2) is 4.79 Å². The van der Waals surface area contributed by atoms with Gasteiger partial charge in [-0.3, -0.25) is 4.79 Å². The summed E-state index contributed by atoms with van der Waals surface area (Å²) in [5.41, 5.74) is -1.30. The number of isocyanates is 1. The number of aryl methyl sites for hydroxylation is 1. The van der Waals surface area contributed by atoms with E-state index in [1.807, 2.05) is 0 Å². The molecule has 0 aliphatic carbocycles. The molecule has 0 fully saturated rings. The van der Waals surface area contributed by atoms with E-state index in [9.17, 15) is 93.0 Å². The first-order valence-corrected chi connectivity index (χ1v) is 10.8. The smallest absolute Gasteiger partial charge is 0.349 e. The van der Waals surface area contributed by atoms with Crippen LogP contribution in [0.4, 0.5) is 89.1 Å². The Morgan fingerprint density at radius 3 is 1.48 bits per heavy atom. The molecule has 0 aromatic heterocycles. The Hall–Kier alpha value is -3.26. The summed E-state index contributed by atoms with van der Waals surface area (Å²) < 4.78 is 256. The lowest BCUT2D eigenvalue weighted by Crippen LogP contribution is -2.75. The van der Waals surface area contributed by atoms with Crippen molar-refractivity contribution in [2.75, 3.05) is 0 Å². The van der Waals surface area contributed by atoms with Crippen LogP contribution < -0.4 is 5.32 Å². The van der Waals surface area contributed by atoms with Crippen LogP contribution in [0.2, 0.25) is 0 Å². The first-order valence-electron chi connectivity index (χ1n) is 10.8. The van der Waals surface area contributed by atoms with Crippen molar-refractivity contribution in [3.05, 3.63) is 29.3 Å². The molecule has 1 N–H and O–H groups in total. The maximum Gasteiger partial charge on any atom is 0.460 e. The molecule has 23 heteroatoms. The van der Waals surface area contributed by atoms with Crippen molar-refractivity contribution >= 4 is 17.7 Å². The van der Waals surface area contributed by atoms with Crippen molar-refractivity contribution in [3.8, 4) is 0 Å². The highest BCUT2D eigenvalue weighted by atomic mass is 19.4. The second kappa shape index (κ2) is 11.3. The van der Waals surface area contributed by atoms with Gasteiger partial charge in [-0.15, -0.1) is 0 Å². The highest BCUT2D eigenvalue weighted by Crippen LogP contribution is 2.65. The van der Waals surface area contributed by atoms with Gasteiger partial charge in [0.1, 0.15) is 0 Å². The van der Waals surface area contributed by atoms with E-state index >= 15 is 0 Å². The quantitative estimate of drug-likeness (QED) is 0.137. The summed E-state index contributed by atoms with van der Waals surface area (Å²) >= 11 is 0. The summed E-state index contributed by atoms with van der Waals surface area (Å²) in [6.45, 7) is 1.40. The minimum atomic E-state index is -9.01. The number of carbonyl (C=O) groups excluding carboxylic acids is 2. The molecule has 44 heavy (non-hydrogen) atoms. The molecular formula is C21H13F19N2O2. The minimum absolute atomic E-state index is 0.106. The molecule has 0 aliphatic heterocycles. The third-order valence-corrected chi connectivity index (χ3v) is 5.77. The molecule has 1 amide bonds. The fourth-order valence-electron chi connectivity index (χ4n) is 3.34. The Labute approximate surface area is 231 Å². The van der Waals surface area contributed by atoms with E-state index in [0.29, 0.717) is 0 Å². The number of aliphatic imine (C=N–C) groups is 1. The van der Waals surface area contributed by atoms with Gasteiger partial charge in [0.25, 0.3) is 5.91 Å². The second-order valence-electron chi connectivity index (χ2n) is 8.97. The molecule has 0 saturated carbocycles. The number of amides is 1. The van der Waals surface area contributed by atoms with Crippen molar-refractivity contribution in [1.29, 1.82) is 0 Å². The third kappa shape index (κ3) is 5.66. The lowest BCUT2D eigenvalue weighted by Gasteiger charge is -2.44. The SMILES string of the molecule is Cc1cccc(N=C=O)c1C(=O)NC(C)CC(F)(F)C(F)(F)C(F)(F)C(F)(F)C(F)(F)C(F)(F)C(F)(F)C(F)(F)C(F)(F)F. The Kier molecular flexibility index (Phi) is 9.93. The third-order valence-electron chi connectivity index (χ3n) is 5.77. The predicted octanol–water partition coefficient (Wildman–Crippen LogP) is 8.12. The number of alkyl halides is 19. The molecule has 1 atom stereocenters. The van der Waals surface area contributed by atoms with Gasteiger partial charge < -0.3 is 5.32 Å². The summed E-state index contributed by atoms with van der Waals surface area (Å²) in [6.07, 6.45) is -9.94. The van der Waals surface area contributed by atoms with E-state index in [0.717, 1.165) is 25.1 Å². The van der Waals surface area contributed by atoms with Gasteiger partial charge in [-0.05, 0) is 25.5 Å². The van der Waals surface area contributed by atoms with E-state index in [2.05, 4.69) is 4.99 Å². The lowest BCUT2D eigenvalue weighted by molar-refractivity contribution is -0.468. The summed E-state index contributed by atoms with van der Waals surface area (Å²) in [5, 5.41) is 1.43. The van der Waals surface area contributed by atoms with Gasteiger partial charge in [0.2, 0.25) is 6.08 Å². The van der Waals surface area contributed by atoms with E-state index in [4.69, 9.17) is 0 Å². The standard InChI is InChI=1S/C21H13F19N2O2/c1-8-4-3-5-10(41-7-43)11(8)12(44)42-9(2)6-13(22,23)14(24,25)15(26,27)16(28,29)17(30,31)18(32,33)19(34,35)20(36,37)21(38,39)40/h3-5,9H,6H2,1-2H3,(H,42,44). The molecule has 1 unspecified atom stereocenters. The number of carbonyl (C=O) groups is 1. The van der Waals surface area contributed by atoms with Crippen LogP contribution in [0.1, 0.15) is 29.3 Å². The van der Waals surface area contributed by atoms with E-state index < -0.39 is 83.2 Å². The first-order chi connectivity index (χ1) is 19.2. The molecule has 1 rings (SSSR count). The van der Waals surface area contributed by atoms with Crippen LogP contribution in [0.25, 0.3) is 0 Å². The Morgan fingerprint density at radius 2 is 1.09 bits per heavy atom. The van der Waals surface area contributed by atoms with Crippen LogP contribution in [-0.2, 0) is 4.79 Å². The monoisotopic (exact) mass is 686 g/mol. The fraction of sp³-hybridized carbons (Fsp3) is 0.619. The van der Waals surface area contributed by atoms with Gasteiger partial charge in [-0.2, -0.15) is 88.4 Å². The number of hydrogen-bond acceptors (Lipinski definition) is 3. The fourth-order valence-corrected chi connectivity index (χ4v) is 3.34. The molecule has 4 nitrogen and oxygen atoms in total. The molecular weight excluding hydrogens is 673 g/mol. The number of nitrogens with one attached hydrogen (secondary N) is 1. The van der Waals surface area contributed by atoms with Crippen LogP contribution in [0.3, 0.4) is 0 Å². The maximum absolute atomic E-state index is 14.2. The topological polar surface area (TPSA) is 58.5 Å². The summed E-state index contributed by atoms with van der Waals surface area (Å²) in [4.78, 5) is 25.9. The van der Waals surface area contributed by atoms with Crippen LogP contribution >= 0.6 is 0 Å². The van der Waals surface area contributed by atoms with Crippen molar-refractivity contribution in [3.63, 3.8) is 0 Å². The maximum atomic E-state index is 14.2. The number of rotatable bonds is 12. The number of halogens is 19. The molecule has 0 saturated heterocycles. The first kappa shape index (κ1) is 38.8. The number of hydrogen-bond donors (Lipinski definition) is 1. The highest BCUT2D eigenvalue weighted by Gasteiger charge is 2.96. The molecule has 1 aromatic carbocycles. The Balaban J connectivity index is 3.53. The zero-order valence-corrected chi connectivity index (χ0v) is 21.0. The molecule has 0 heterocycles. The van der Waals surface area contributed by atoms with Crippen molar-refractivity contribution in [1.82, 2.24) is 5.32 Å². The van der Waals surface area contributed by atoms with Gasteiger partial charge >= 0.3 is 53.6 Å². The number of nitrogens with zero attached hydrogens (tertiary/aromatic N) is 1. The summed E-state index contributed by atoms with van der Waals surface area (Å²) in [7, 11) is 0. The van der Waals surface area contributed by atoms with E-state index in [-0.39, 0.29) is 12.5 Å². The van der Waals surface area contributed by atoms with E-state index in [1.165, 1.54) is 11.4 Å². The van der Waals surface area contributed by atoms with Crippen molar-refractivity contribution in [2.45, 2.75) is 79.9 Å². The van der Waals surface area contributed by atoms with Crippen LogP contribution in [0.15, 0.2) is 23.2 Å². The Bertz CT molecular complexity index is 1280. The molecule has 0 radical (unpaired) electrons. The second-order valence-corrected chi connectivity index (χ2v) is 8.97. The lowest BCUT2D eigenvalue weighted by atomic mass is 9.86. The van der Waals surface area contributed by atoms with Crippen LogP contribution in [0, 0.1) is 6.92 Å². The van der Waals surface area contributed by atoms with Crippen LogP contribution in [0.5, 0.6) is 0 Å². The normalized spacial score (nSPS) is 15.5. The minimum Gasteiger partial charge on any atom is -0.349 e. The van der Waals surface area contributed by atoms with Gasteiger partial charge in [0.15, 0.2) is 0 Å². The molecule has 252 valence electrons. The molecule has 0 aliphatic rings. The average Bonchev–Trinajstić information content (AvgIpc) is 2.82. The summed E-state index contributed by atoms with van der Waals surface area (Å²) in [6, 6.07) is 0.658.